The van der Waals surface area contributed by atoms with E-state index in [1.54, 1.807) is 0 Å². The van der Waals surface area contributed by atoms with E-state index in [2.05, 4.69) is 5.75 Å². The first kappa shape index (κ1) is 4.47. The molecular formula is C4H8NS. The summed E-state index contributed by atoms with van der Waals surface area (Å²) in [6, 6.07) is 0. The van der Waals surface area contributed by atoms with Gasteiger partial charge in [0.25, 0.3) is 0 Å². The monoisotopic (exact) mass is 102 g/mol. The summed E-state index contributed by atoms with van der Waals surface area (Å²) in [7, 11) is 0. The van der Waals surface area contributed by atoms with E-state index < -0.39 is 0 Å². The second kappa shape index (κ2) is 1.85. The lowest BCUT2D eigenvalue weighted by atomic mass is 10.2. The van der Waals surface area contributed by atoms with Gasteiger partial charge in [-0.3, -0.25) is 0 Å². The molecule has 1 atom stereocenters. The number of hydrogen-bond donors (Lipinski definition) is 1. The maximum atomic E-state index is 5.29. The average molecular weight is 102 g/mol. The molecule has 1 nitrogen and oxygen atoms in total. The Balaban J connectivity index is 2.01. The van der Waals surface area contributed by atoms with Gasteiger partial charge in [0.15, 0.2) is 0 Å². The maximum Gasteiger partial charge on any atom is 0.0218 e. The smallest absolute Gasteiger partial charge is 0.0218 e. The van der Waals surface area contributed by atoms with Crippen molar-refractivity contribution < 1.29 is 0 Å². The van der Waals surface area contributed by atoms with E-state index in [9.17, 15) is 0 Å². The normalized spacial score (nSPS) is 23.5. The SMILES string of the molecule is NCC1[CH]SC1. The van der Waals surface area contributed by atoms with Crippen molar-refractivity contribution in [3.8, 4) is 0 Å². The second-order valence-corrected chi connectivity index (χ2v) is 2.40. The highest BCUT2D eigenvalue weighted by Gasteiger charge is 2.15. The van der Waals surface area contributed by atoms with Gasteiger partial charge in [-0.05, 0) is 18.2 Å². The molecule has 0 bridgehead atoms. The molecule has 1 radical (unpaired) electrons. The molecule has 1 fully saturated rings. The van der Waals surface area contributed by atoms with Gasteiger partial charge in [-0.15, -0.1) is 0 Å². The van der Waals surface area contributed by atoms with Gasteiger partial charge >= 0.3 is 0 Å². The third-order valence-electron chi connectivity index (χ3n) is 0.902. The summed E-state index contributed by atoms with van der Waals surface area (Å²) in [6.45, 7) is 0.840. The van der Waals surface area contributed by atoms with Crippen LogP contribution in [0.1, 0.15) is 0 Å². The number of thioether (sulfide) groups is 1. The van der Waals surface area contributed by atoms with Gasteiger partial charge in [0.2, 0.25) is 0 Å². The molecule has 0 spiro atoms. The van der Waals surface area contributed by atoms with Crippen molar-refractivity contribution in [2.75, 3.05) is 12.3 Å². The minimum absolute atomic E-state index is 0.731. The van der Waals surface area contributed by atoms with Crippen LogP contribution in [0.3, 0.4) is 0 Å². The molecule has 0 aromatic heterocycles. The highest BCUT2D eigenvalue weighted by Crippen LogP contribution is 2.28. The second-order valence-electron chi connectivity index (χ2n) is 1.47. The first-order valence-corrected chi connectivity index (χ1v) is 3.13. The molecule has 2 N–H and O–H groups in total. The van der Waals surface area contributed by atoms with Crippen molar-refractivity contribution in [3.63, 3.8) is 0 Å². The number of hydrogen-bond acceptors (Lipinski definition) is 2. The summed E-state index contributed by atoms with van der Waals surface area (Å²) in [5.41, 5.74) is 5.29. The Labute approximate surface area is 42.3 Å². The predicted molar refractivity (Wildman–Crippen MR) is 29.3 cm³/mol. The summed E-state index contributed by atoms with van der Waals surface area (Å²) < 4.78 is 0. The Kier molecular flexibility index (Phi) is 1.37. The van der Waals surface area contributed by atoms with Crippen LogP contribution in [0.4, 0.5) is 0 Å². The van der Waals surface area contributed by atoms with Crippen molar-refractivity contribution in [1.29, 1.82) is 0 Å². The van der Waals surface area contributed by atoms with Crippen molar-refractivity contribution in [2.45, 2.75) is 0 Å². The van der Waals surface area contributed by atoms with Gasteiger partial charge in [-0.2, -0.15) is 11.8 Å². The number of nitrogens with two attached hydrogens (primary N) is 1. The highest BCUT2D eigenvalue weighted by molar-refractivity contribution is 8.02. The van der Waals surface area contributed by atoms with E-state index in [0.29, 0.717) is 0 Å². The van der Waals surface area contributed by atoms with E-state index >= 15 is 0 Å². The molecule has 1 saturated heterocycles. The van der Waals surface area contributed by atoms with E-state index in [1.165, 1.54) is 5.75 Å². The number of rotatable bonds is 1. The van der Waals surface area contributed by atoms with Gasteiger partial charge in [0, 0.05) is 5.75 Å². The molecule has 0 aromatic carbocycles. The standard InChI is InChI=1S/C4H8NS/c5-1-4-2-6-3-4/h2,4H,1,3,5H2. The van der Waals surface area contributed by atoms with Gasteiger partial charge < -0.3 is 5.73 Å². The molecule has 1 heterocycles. The molecule has 2 heteroatoms. The quantitative estimate of drug-likeness (QED) is 0.521. The molecular weight excluding hydrogens is 94.1 g/mol. The fraction of sp³-hybridized carbons (Fsp3) is 0.750. The van der Waals surface area contributed by atoms with Gasteiger partial charge in [0.05, 0.1) is 0 Å². The summed E-state index contributed by atoms with van der Waals surface area (Å²) >= 11 is 1.86. The van der Waals surface area contributed by atoms with E-state index in [-0.39, 0.29) is 0 Å². The van der Waals surface area contributed by atoms with Crippen molar-refractivity contribution in [3.05, 3.63) is 5.75 Å². The third kappa shape index (κ3) is 0.684. The summed E-state index contributed by atoms with van der Waals surface area (Å²) in [5, 5.41) is 0. The Morgan fingerprint density at radius 3 is 2.67 bits per heavy atom. The first-order chi connectivity index (χ1) is 2.93. The molecule has 6 heavy (non-hydrogen) atoms. The zero-order chi connectivity index (χ0) is 4.41. The molecule has 1 rings (SSSR count). The van der Waals surface area contributed by atoms with Crippen LogP contribution >= 0.6 is 11.8 Å². The van der Waals surface area contributed by atoms with E-state index in [1.807, 2.05) is 11.8 Å². The zero-order valence-electron chi connectivity index (χ0n) is 3.55. The Bertz CT molecular complexity index is 40.1. The first-order valence-electron chi connectivity index (χ1n) is 2.08. The lowest BCUT2D eigenvalue weighted by Crippen LogP contribution is -2.22. The minimum atomic E-state index is 0.731. The van der Waals surface area contributed by atoms with E-state index in [4.69, 9.17) is 5.73 Å². The summed E-state index contributed by atoms with van der Waals surface area (Å²) in [6.07, 6.45) is 0. The largest absolute Gasteiger partial charge is 0.330 e. The maximum absolute atomic E-state index is 5.29. The summed E-state index contributed by atoms with van der Waals surface area (Å²) in [5.74, 6) is 4.17. The van der Waals surface area contributed by atoms with E-state index in [0.717, 1.165) is 12.5 Å². The fourth-order valence-electron chi connectivity index (χ4n) is 0.356. The van der Waals surface area contributed by atoms with Gasteiger partial charge in [-0.25, -0.2) is 0 Å². The summed E-state index contributed by atoms with van der Waals surface area (Å²) in [4.78, 5) is 0. The lowest BCUT2D eigenvalue weighted by Gasteiger charge is -2.21. The zero-order valence-corrected chi connectivity index (χ0v) is 4.37. The molecule has 0 amide bonds. The van der Waals surface area contributed by atoms with Crippen LogP contribution in [0.15, 0.2) is 0 Å². The van der Waals surface area contributed by atoms with Gasteiger partial charge in [-0.1, -0.05) is 0 Å². The molecule has 0 aliphatic carbocycles. The highest BCUT2D eigenvalue weighted by atomic mass is 32.2. The van der Waals surface area contributed by atoms with Crippen LogP contribution < -0.4 is 5.73 Å². The van der Waals surface area contributed by atoms with Crippen molar-refractivity contribution in [1.82, 2.24) is 0 Å². The topological polar surface area (TPSA) is 26.0 Å². The van der Waals surface area contributed by atoms with Gasteiger partial charge in [0.1, 0.15) is 0 Å². The molecule has 0 aromatic rings. The molecule has 35 valence electrons. The Morgan fingerprint density at radius 2 is 2.67 bits per heavy atom. The average Bonchev–Trinajstić information content (AvgIpc) is 1.31. The van der Waals surface area contributed by atoms with Crippen LogP contribution in [-0.2, 0) is 0 Å². The van der Waals surface area contributed by atoms with Crippen LogP contribution in [0.25, 0.3) is 0 Å². The predicted octanol–water partition coefficient (Wildman–Crippen LogP) is 0.470. The Morgan fingerprint density at radius 1 is 2.00 bits per heavy atom. The van der Waals surface area contributed by atoms with Crippen LogP contribution in [-0.4, -0.2) is 12.3 Å². The minimum Gasteiger partial charge on any atom is -0.330 e. The van der Waals surface area contributed by atoms with Crippen molar-refractivity contribution >= 4 is 11.8 Å². The van der Waals surface area contributed by atoms with Crippen LogP contribution in [0.5, 0.6) is 0 Å². The van der Waals surface area contributed by atoms with Crippen LogP contribution in [0.2, 0.25) is 0 Å². The van der Waals surface area contributed by atoms with Crippen LogP contribution in [0, 0.1) is 11.7 Å². The molecule has 0 saturated carbocycles. The fourth-order valence-corrected chi connectivity index (χ4v) is 1.07. The lowest BCUT2D eigenvalue weighted by molar-refractivity contribution is 0.708. The molecule has 1 aliphatic rings. The van der Waals surface area contributed by atoms with Crippen molar-refractivity contribution in [2.24, 2.45) is 11.7 Å². The molecule has 1 aliphatic heterocycles. The Hall–Kier alpha value is 0.310. The molecule has 1 unspecified atom stereocenters. The third-order valence-corrected chi connectivity index (χ3v) is 2.10.